The lowest BCUT2D eigenvalue weighted by molar-refractivity contribution is 0.100. The molecule has 0 radical (unpaired) electrons. The molecule has 0 atom stereocenters. The van der Waals surface area contributed by atoms with E-state index < -0.39 is 5.91 Å². The first-order chi connectivity index (χ1) is 6.06. The molecule has 0 bridgehead atoms. The minimum absolute atomic E-state index is 0.340. The third-order valence-corrected chi connectivity index (χ3v) is 2.45. The highest BCUT2D eigenvalue weighted by Gasteiger charge is 2.08. The summed E-state index contributed by atoms with van der Waals surface area (Å²) in [6.07, 6.45) is 0.733. The van der Waals surface area contributed by atoms with Crippen molar-refractivity contribution in [3.63, 3.8) is 0 Å². The van der Waals surface area contributed by atoms with Crippen LogP contribution in [0.5, 0.6) is 0 Å². The lowest BCUT2D eigenvalue weighted by Gasteiger charge is -2.05. The quantitative estimate of drug-likeness (QED) is 0.814. The van der Waals surface area contributed by atoms with Crippen LogP contribution in [-0.4, -0.2) is 5.91 Å². The molecule has 0 heterocycles. The van der Waals surface area contributed by atoms with E-state index >= 15 is 0 Å². The van der Waals surface area contributed by atoms with Crippen LogP contribution < -0.4 is 5.73 Å². The Morgan fingerprint density at radius 2 is 1.85 bits per heavy atom. The molecule has 0 unspecified atom stereocenters. The summed E-state index contributed by atoms with van der Waals surface area (Å²) in [5, 5.41) is 0.979. The number of benzene rings is 1. The molecule has 1 aromatic carbocycles. The number of carbonyl (C=O) groups is 1. The van der Waals surface area contributed by atoms with Crippen molar-refractivity contribution in [1.29, 1.82) is 0 Å². The van der Waals surface area contributed by atoms with E-state index in [9.17, 15) is 4.79 Å². The molecule has 0 spiro atoms. The van der Waals surface area contributed by atoms with Gasteiger partial charge in [0.1, 0.15) is 0 Å². The van der Waals surface area contributed by atoms with E-state index in [4.69, 9.17) is 28.9 Å². The second kappa shape index (κ2) is 3.99. The van der Waals surface area contributed by atoms with E-state index in [1.807, 2.05) is 6.92 Å². The average Bonchev–Trinajstić information content (AvgIpc) is 2.03. The highest BCUT2D eigenvalue weighted by atomic mass is 35.5. The van der Waals surface area contributed by atoms with Crippen LogP contribution in [0, 0.1) is 0 Å². The number of amides is 1. The summed E-state index contributed by atoms with van der Waals surface area (Å²) in [6.45, 7) is 1.94. The maximum Gasteiger partial charge on any atom is 0.248 e. The smallest absolute Gasteiger partial charge is 0.248 e. The van der Waals surface area contributed by atoms with Gasteiger partial charge in [0.2, 0.25) is 5.91 Å². The van der Waals surface area contributed by atoms with Crippen molar-refractivity contribution in [2.45, 2.75) is 13.3 Å². The fraction of sp³-hybridized carbons (Fsp3) is 0.222. The Morgan fingerprint density at radius 3 is 2.15 bits per heavy atom. The van der Waals surface area contributed by atoms with Crippen LogP contribution in [-0.2, 0) is 6.42 Å². The molecule has 0 aliphatic heterocycles. The molecule has 1 aromatic rings. The number of hydrogen-bond donors (Lipinski definition) is 1. The molecule has 2 nitrogen and oxygen atoms in total. The fourth-order valence-electron chi connectivity index (χ4n) is 1.08. The van der Waals surface area contributed by atoms with Gasteiger partial charge in [-0.2, -0.15) is 0 Å². The van der Waals surface area contributed by atoms with Crippen LogP contribution >= 0.6 is 23.2 Å². The molecular weight excluding hydrogens is 209 g/mol. The van der Waals surface area contributed by atoms with Crippen molar-refractivity contribution in [3.05, 3.63) is 33.3 Å². The zero-order chi connectivity index (χ0) is 10.0. The van der Waals surface area contributed by atoms with Crippen molar-refractivity contribution in [3.8, 4) is 0 Å². The van der Waals surface area contributed by atoms with E-state index in [0.29, 0.717) is 15.6 Å². The molecule has 1 rings (SSSR count). The zero-order valence-electron chi connectivity index (χ0n) is 7.10. The minimum atomic E-state index is -0.522. The Balaban J connectivity index is 3.28. The van der Waals surface area contributed by atoms with Gasteiger partial charge in [-0.3, -0.25) is 4.79 Å². The lowest BCUT2D eigenvalue weighted by atomic mass is 10.1. The normalized spacial score (nSPS) is 10.1. The van der Waals surface area contributed by atoms with E-state index in [-0.39, 0.29) is 0 Å². The number of nitrogens with two attached hydrogens (primary N) is 1. The van der Waals surface area contributed by atoms with E-state index in [2.05, 4.69) is 0 Å². The van der Waals surface area contributed by atoms with Crippen molar-refractivity contribution >= 4 is 29.1 Å². The van der Waals surface area contributed by atoms with Gasteiger partial charge in [0.25, 0.3) is 0 Å². The Kier molecular flexibility index (Phi) is 3.17. The maximum absolute atomic E-state index is 10.8. The first-order valence-corrected chi connectivity index (χ1v) is 4.59. The highest BCUT2D eigenvalue weighted by molar-refractivity contribution is 6.36. The van der Waals surface area contributed by atoms with Crippen LogP contribution in [0.2, 0.25) is 10.0 Å². The standard InChI is InChI=1S/C9H9Cl2NO/c1-2-6-7(10)3-5(9(12)13)4-8(6)11/h3-4H,2H2,1H3,(H2,12,13). The molecule has 0 aliphatic rings. The average molecular weight is 218 g/mol. The second-order valence-corrected chi connectivity index (χ2v) is 3.45. The highest BCUT2D eigenvalue weighted by Crippen LogP contribution is 2.26. The lowest BCUT2D eigenvalue weighted by Crippen LogP contribution is -2.11. The van der Waals surface area contributed by atoms with Gasteiger partial charge in [0.05, 0.1) is 0 Å². The number of rotatable bonds is 2. The summed E-state index contributed by atoms with van der Waals surface area (Å²) in [5.41, 5.74) is 6.27. The molecule has 0 aliphatic carbocycles. The molecule has 13 heavy (non-hydrogen) atoms. The third-order valence-electron chi connectivity index (χ3n) is 1.78. The Labute approximate surface area is 86.6 Å². The van der Waals surface area contributed by atoms with Gasteiger partial charge in [-0.1, -0.05) is 30.1 Å². The maximum atomic E-state index is 10.8. The van der Waals surface area contributed by atoms with Gasteiger partial charge >= 0.3 is 0 Å². The van der Waals surface area contributed by atoms with Crippen LogP contribution in [0.3, 0.4) is 0 Å². The molecule has 0 saturated heterocycles. The molecule has 0 fully saturated rings. The number of halogens is 2. The van der Waals surface area contributed by atoms with Gasteiger partial charge in [0.15, 0.2) is 0 Å². The van der Waals surface area contributed by atoms with Crippen LogP contribution in [0.1, 0.15) is 22.8 Å². The zero-order valence-corrected chi connectivity index (χ0v) is 8.62. The van der Waals surface area contributed by atoms with Crippen molar-refractivity contribution in [1.82, 2.24) is 0 Å². The first kappa shape index (κ1) is 10.4. The summed E-state index contributed by atoms with van der Waals surface area (Å²) < 4.78 is 0. The van der Waals surface area contributed by atoms with Gasteiger partial charge in [-0.05, 0) is 24.1 Å². The van der Waals surface area contributed by atoms with Crippen molar-refractivity contribution in [2.24, 2.45) is 5.73 Å². The van der Waals surface area contributed by atoms with Crippen molar-refractivity contribution < 1.29 is 4.79 Å². The molecule has 0 aromatic heterocycles. The molecule has 70 valence electrons. The Morgan fingerprint density at radius 1 is 1.38 bits per heavy atom. The van der Waals surface area contributed by atoms with Gasteiger partial charge in [0, 0.05) is 15.6 Å². The van der Waals surface area contributed by atoms with E-state index in [1.54, 1.807) is 0 Å². The summed E-state index contributed by atoms with van der Waals surface area (Å²) in [4.78, 5) is 10.8. The number of hydrogen-bond acceptors (Lipinski definition) is 1. The monoisotopic (exact) mass is 217 g/mol. The first-order valence-electron chi connectivity index (χ1n) is 3.84. The predicted octanol–water partition coefficient (Wildman–Crippen LogP) is 2.65. The molecule has 2 N–H and O–H groups in total. The third kappa shape index (κ3) is 2.14. The second-order valence-electron chi connectivity index (χ2n) is 2.64. The van der Waals surface area contributed by atoms with E-state index in [1.165, 1.54) is 12.1 Å². The van der Waals surface area contributed by atoms with E-state index in [0.717, 1.165) is 12.0 Å². The Bertz CT molecular complexity index is 326. The van der Waals surface area contributed by atoms with Crippen LogP contribution in [0.25, 0.3) is 0 Å². The van der Waals surface area contributed by atoms with Gasteiger partial charge in [-0.15, -0.1) is 0 Å². The Hall–Kier alpha value is -0.730. The summed E-state index contributed by atoms with van der Waals surface area (Å²) >= 11 is 11.8. The molecule has 1 amide bonds. The van der Waals surface area contributed by atoms with Gasteiger partial charge in [-0.25, -0.2) is 0 Å². The van der Waals surface area contributed by atoms with Crippen molar-refractivity contribution in [2.75, 3.05) is 0 Å². The van der Waals surface area contributed by atoms with Crippen LogP contribution in [0.4, 0.5) is 0 Å². The number of primary amides is 1. The molecule has 0 saturated carbocycles. The molecule has 4 heteroatoms. The summed E-state index contributed by atoms with van der Waals surface area (Å²) in [6, 6.07) is 3.07. The fourth-order valence-corrected chi connectivity index (χ4v) is 1.84. The number of carbonyl (C=O) groups excluding carboxylic acids is 1. The summed E-state index contributed by atoms with van der Waals surface area (Å²) in [7, 11) is 0. The largest absolute Gasteiger partial charge is 0.366 e. The molecular formula is C9H9Cl2NO. The topological polar surface area (TPSA) is 43.1 Å². The predicted molar refractivity (Wildman–Crippen MR) is 54.4 cm³/mol. The van der Waals surface area contributed by atoms with Crippen LogP contribution in [0.15, 0.2) is 12.1 Å². The summed E-state index contributed by atoms with van der Waals surface area (Å²) in [5.74, 6) is -0.522. The SMILES string of the molecule is CCc1c(Cl)cc(C(N)=O)cc1Cl. The van der Waals surface area contributed by atoms with Gasteiger partial charge < -0.3 is 5.73 Å². The minimum Gasteiger partial charge on any atom is -0.366 e.